The van der Waals surface area contributed by atoms with Crippen molar-refractivity contribution in [2.45, 2.75) is 11.4 Å². The van der Waals surface area contributed by atoms with Crippen molar-refractivity contribution in [3.63, 3.8) is 0 Å². The average molecular weight is 284 g/mol. The highest BCUT2D eigenvalue weighted by Crippen LogP contribution is 2.17. The summed E-state index contributed by atoms with van der Waals surface area (Å²) in [6, 6.07) is 3.09. The van der Waals surface area contributed by atoms with Crippen LogP contribution in [0.5, 0.6) is 0 Å². The maximum absolute atomic E-state index is 12.1. The van der Waals surface area contributed by atoms with Gasteiger partial charge in [0.05, 0.1) is 5.51 Å². The van der Waals surface area contributed by atoms with E-state index in [0.29, 0.717) is 5.82 Å². The molecule has 0 unspecified atom stereocenters. The van der Waals surface area contributed by atoms with Gasteiger partial charge in [0.2, 0.25) is 10.0 Å². The van der Waals surface area contributed by atoms with Crippen LogP contribution in [0.3, 0.4) is 0 Å². The fourth-order valence-corrected chi connectivity index (χ4v) is 3.16. The topological polar surface area (TPSA) is 84.0 Å². The second-order valence-electron chi connectivity index (χ2n) is 3.39. The molecule has 0 fully saturated rings. The Bertz CT molecular complexity index is 611. The van der Waals surface area contributed by atoms with Crippen LogP contribution >= 0.6 is 11.3 Å². The minimum atomic E-state index is -3.58. The molecule has 2 aromatic rings. The highest BCUT2D eigenvalue weighted by atomic mass is 32.2. The van der Waals surface area contributed by atoms with Crippen LogP contribution in [0, 0.1) is 0 Å². The van der Waals surface area contributed by atoms with E-state index in [-0.39, 0.29) is 11.4 Å². The lowest BCUT2D eigenvalue weighted by atomic mass is 10.5. The minimum absolute atomic E-state index is 0.136. The van der Waals surface area contributed by atoms with Crippen molar-refractivity contribution < 1.29 is 8.42 Å². The molecule has 2 heterocycles. The summed E-state index contributed by atoms with van der Waals surface area (Å²) in [5.74, 6) is 0.328. The first-order chi connectivity index (χ1) is 8.63. The van der Waals surface area contributed by atoms with Crippen LogP contribution in [0.2, 0.25) is 0 Å². The zero-order valence-electron chi connectivity index (χ0n) is 9.62. The number of rotatable bonds is 5. The van der Waals surface area contributed by atoms with Crippen LogP contribution < -0.4 is 10.0 Å². The summed E-state index contributed by atoms with van der Waals surface area (Å²) < 4.78 is 26.7. The molecule has 2 aromatic heterocycles. The molecule has 18 heavy (non-hydrogen) atoms. The third-order valence-electron chi connectivity index (χ3n) is 2.22. The number of hydrogen-bond donors (Lipinski definition) is 2. The molecule has 0 spiro atoms. The van der Waals surface area contributed by atoms with Gasteiger partial charge in [0.1, 0.15) is 10.7 Å². The Hall–Kier alpha value is -1.51. The van der Waals surface area contributed by atoms with E-state index < -0.39 is 10.0 Å². The molecule has 0 aliphatic carbocycles. The highest BCUT2D eigenvalue weighted by molar-refractivity contribution is 7.89. The van der Waals surface area contributed by atoms with Crippen LogP contribution in [-0.4, -0.2) is 25.4 Å². The summed E-state index contributed by atoms with van der Waals surface area (Å²) in [4.78, 5) is 8.85. The summed E-state index contributed by atoms with van der Waals surface area (Å²) >= 11 is 1.40. The maximum atomic E-state index is 12.1. The Morgan fingerprint density at radius 3 is 2.94 bits per heavy atom. The molecular formula is C10H12N4O2S2. The second kappa shape index (κ2) is 5.42. The van der Waals surface area contributed by atoms with Crippen molar-refractivity contribution >= 4 is 27.2 Å². The zero-order valence-corrected chi connectivity index (χ0v) is 11.3. The van der Waals surface area contributed by atoms with Crippen molar-refractivity contribution in [1.82, 2.24) is 14.7 Å². The van der Waals surface area contributed by atoms with E-state index in [1.54, 1.807) is 24.8 Å². The van der Waals surface area contributed by atoms with Gasteiger partial charge in [-0.05, 0) is 12.1 Å². The highest BCUT2D eigenvalue weighted by Gasteiger charge is 2.18. The third kappa shape index (κ3) is 2.84. The van der Waals surface area contributed by atoms with Crippen LogP contribution in [0.15, 0.2) is 34.9 Å². The molecule has 0 amide bonds. The largest absolute Gasteiger partial charge is 0.372 e. The van der Waals surface area contributed by atoms with Gasteiger partial charge in [0, 0.05) is 30.9 Å². The Labute approximate surface area is 109 Å². The van der Waals surface area contributed by atoms with Gasteiger partial charge in [0.15, 0.2) is 0 Å². The summed E-state index contributed by atoms with van der Waals surface area (Å²) in [7, 11) is -1.95. The monoisotopic (exact) mass is 284 g/mol. The predicted molar refractivity (Wildman–Crippen MR) is 69.9 cm³/mol. The number of thiazole rings is 1. The lowest BCUT2D eigenvalue weighted by Gasteiger charge is -2.09. The first-order valence-corrected chi connectivity index (χ1v) is 7.49. The fraction of sp³-hybridized carbons (Fsp3) is 0.200. The Balaban J connectivity index is 2.20. The second-order valence-corrected chi connectivity index (χ2v) is 6.10. The summed E-state index contributed by atoms with van der Waals surface area (Å²) in [5.41, 5.74) is 1.66. The number of hydrogen-bond acceptors (Lipinski definition) is 6. The lowest BCUT2D eigenvalue weighted by Crippen LogP contribution is -2.24. The lowest BCUT2D eigenvalue weighted by molar-refractivity contribution is 0.581. The molecule has 2 rings (SSSR count). The van der Waals surface area contributed by atoms with Gasteiger partial charge in [-0.25, -0.2) is 18.1 Å². The summed E-state index contributed by atoms with van der Waals surface area (Å²) in [5, 5.41) is 2.75. The van der Waals surface area contributed by atoms with Crippen molar-refractivity contribution in [2.24, 2.45) is 0 Å². The minimum Gasteiger partial charge on any atom is -0.372 e. The Morgan fingerprint density at radius 1 is 1.44 bits per heavy atom. The maximum Gasteiger partial charge on any atom is 0.244 e. The van der Waals surface area contributed by atoms with Crippen molar-refractivity contribution in [3.05, 3.63) is 34.9 Å². The van der Waals surface area contributed by atoms with Crippen LogP contribution in [-0.2, 0) is 16.6 Å². The third-order valence-corrected chi connectivity index (χ3v) is 4.43. The first-order valence-electron chi connectivity index (χ1n) is 5.13. The van der Waals surface area contributed by atoms with Crippen molar-refractivity contribution in [1.29, 1.82) is 0 Å². The average Bonchev–Trinajstić information content (AvgIpc) is 2.89. The zero-order chi connectivity index (χ0) is 13.0. The van der Waals surface area contributed by atoms with E-state index in [1.165, 1.54) is 23.6 Å². The van der Waals surface area contributed by atoms with Crippen LogP contribution in [0.4, 0.5) is 5.82 Å². The molecule has 0 aromatic carbocycles. The van der Waals surface area contributed by atoms with E-state index in [4.69, 9.17) is 0 Å². The van der Waals surface area contributed by atoms with Gasteiger partial charge in [-0.1, -0.05) is 0 Å². The van der Waals surface area contributed by atoms with Crippen LogP contribution in [0.25, 0.3) is 0 Å². The van der Waals surface area contributed by atoms with E-state index >= 15 is 0 Å². The van der Waals surface area contributed by atoms with E-state index in [1.807, 2.05) is 0 Å². The number of pyridine rings is 1. The van der Waals surface area contributed by atoms with E-state index in [2.05, 4.69) is 20.0 Å². The van der Waals surface area contributed by atoms with Crippen LogP contribution in [0.1, 0.15) is 4.88 Å². The molecular weight excluding hydrogens is 272 g/mol. The first kappa shape index (κ1) is 12.9. The van der Waals surface area contributed by atoms with Gasteiger partial charge < -0.3 is 5.32 Å². The molecule has 2 N–H and O–H groups in total. The van der Waals surface area contributed by atoms with Crippen molar-refractivity contribution in [2.75, 3.05) is 12.4 Å². The van der Waals surface area contributed by atoms with Gasteiger partial charge in [-0.15, -0.1) is 11.3 Å². The standard InChI is InChI=1S/C10H12N4O2S2/c1-11-10-9(3-2-4-13-10)18(15,16)14-6-8-5-12-7-17-8/h2-5,7,14H,6H2,1H3,(H,11,13). The molecule has 0 aliphatic rings. The molecule has 0 saturated heterocycles. The van der Waals surface area contributed by atoms with E-state index in [0.717, 1.165) is 4.88 Å². The van der Waals surface area contributed by atoms with Gasteiger partial charge in [-0.2, -0.15) is 0 Å². The molecule has 0 bridgehead atoms. The smallest absolute Gasteiger partial charge is 0.244 e. The number of anilines is 1. The Kier molecular flexibility index (Phi) is 3.90. The van der Waals surface area contributed by atoms with Gasteiger partial charge in [0.25, 0.3) is 0 Å². The Morgan fingerprint density at radius 2 is 2.28 bits per heavy atom. The molecule has 0 aliphatic heterocycles. The molecule has 0 radical (unpaired) electrons. The normalized spacial score (nSPS) is 11.4. The van der Waals surface area contributed by atoms with Crippen molar-refractivity contribution in [3.8, 4) is 0 Å². The fourth-order valence-electron chi connectivity index (χ4n) is 1.37. The quantitative estimate of drug-likeness (QED) is 0.857. The number of aromatic nitrogens is 2. The number of nitrogens with zero attached hydrogens (tertiary/aromatic N) is 2. The molecule has 8 heteroatoms. The molecule has 96 valence electrons. The predicted octanol–water partition coefficient (Wildman–Crippen LogP) is 1.06. The van der Waals surface area contributed by atoms with E-state index in [9.17, 15) is 8.42 Å². The van der Waals surface area contributed by atoms with Gasteiger partial charge >= 0.3 is 0 Å². The number of sulfonamides is 1. The summed E-state index contributed by atoms with van der Waals surface area (Å²) in [6.07, 6.45) is 3.17. The molecule has 0 saturated carbocycles. The van der Waals surface area contributed by atoms with Gasteiger partial charge in [-0.3, -0.25) is 4.98 Å². The number of nitrogens with one attached hydrogen (secondary N) is 2. The summed E-state index contributed by atoms with van der Waals surface area (Å²) in [6.45, 7) is 0.227. The molecule has 0 atom stereocenters. The SMILES string of the molecule is CNc1ncccc1S(=O)(=O)NCc1cncs1. The molecule has 6 nitrogen and oxygen atoms in total.